The van der Waals surface area contributed by atoms with Crippen molar-refractivity contribution in [3.05, 3.63) is 55.5 Å². The molecule has 0 heterocycles. The topological polar surface area (TPSA) is 65.2 Å². The fourth-order valence-electron chi connectivity index (χ4n) is 3.71. The van der Waals surface area contributed by atoms with Crippen LogP contribution in [0.15, 0.2) is 34.3 Å². The summed E-state index contributed by atoms with van der Waals surface area (Å²) in [5.41, 5.74) is 2.32. The third kappa shape index (κ3) is 5.23. The summed E-state index contributed by atoms with van der Waals surface area (Å²) in [7, 11) is 0. The first-order valence-electron chi connectivity index (χ1n) is 9.63. The molecule has 8 heteroatoms. The van der Waals surface area contributed by atoms with Crippen molar-refractivity contribution in [2.75, 3.05) is 0 Å². The Morgan fingerprint density at radius 1 is 0.733 bits per heavy atom. The fraction of sp³-hybridized carbons (Fsp3) is 0.364. The SMILES string of the molecule is CC(=N[C@@H]1CCCC[C@H]1N=C(C)c1cc(Cl)cc(Cl)c1O)c1cc(Cl)cc(Cl)c1O. The van der Waals surface area contributed by atoms with E-state index in [1.54, 1.807) is 12.1 Å². The average molecular weight is 488 g/mol. The van der Waals surface area contributed by atoms with E-state index >= 15 is 0 Å². The molecule has 0 unspecified atom stereocenters. The predicted octanol–water partition coefficient (Wildman–Crippen LogP) is 7.34. The van der Waals surface area contributed by atoms with Crippen molar-refractivity contribution in [2.24, 2.45) is 9.98 Å². The van der Waals surface area contributed by atoms with Crippen LogP contribution in [-0.4, -0.2) is 33.7 Å². The lowest BCUT2D eigenvalue weighted by atomic mass is 9.90. The van der Waals surface area contributed by atoms with Crippen molar-refractivity contribution >= 4 is 57.8 Å². The van der Waals surface area contributed by atoms with Crippen LogP contribution in [0, 0.1) is 0 Å². The Bertz CT molecular complexity index is 939. The maximum absolute atomic E-state index is 10.3. The number of hydrogen-bond donors (Lipinski definition) is 2. The monoisotopic (exact) mass is 486 g/mol. The number of aromatic hydroxyl groups is 2. The van der Waals surface area contributed by atoms with Crippen LogP contribution in [0.3, 0.4) is 0 Å². The number of phenols is 2. The van der Waals surface area contributed by atoms with Gasteiger partial charge in [0.15, 0.2) is 0 Å². The van der Waals surface area contributed by atoms with Crippen LogP contribution in [0.25, 0.3) is 0 Å². The predicted molar refractivity (Wildman–Crippen MR) is 127 cm³/mol. The van der Waals surface area contributed by atoms with Crippen molar-refractivity contribution in [2.45, 2.75) is 51.6 Å². The summed E-state index contributed by atoms with van der Waals surface area (Å²) in [5.74, 6) is -0.0688. The third-order valence-electron chi connectivity index (χ3n) is 5.25. The summed E-state index contributed by atoms with van der Waals surface area (Å²) in [4.78, 5) is 9.71. The second kappa shape index (κ2) is 9.78. The molecule has 1 saturated carbocycles. The summed E-state index contributed by atoms with van der Waals surface area (Å²) in [6, 6.07) is 6.16. The average Bonchev–Trinajstić information content (AvgIpc) is 2.68. The van der Waals surface area contributed by atoms with Gasteiger partial charge in [0.2, 0.25) is 0 Å². The van der Waals surface area contributed by atoms with Gasteiger partial charge in [-0.25, -0.2) is 0 Å². The van der Waals surface area contributed by atoms with Crippen molar-refractivity contribution in [3.63, 3.8) is 0 Å². The zero-order valence-electron chi connectivity index (χ0n) is 16.6. The highest BCUT2D eigenvalue weighted by atomic mass is 35.5. The standard InChI is InChI=1S/C22H22Cl4N2O2/c1-11(15-7-13(23)9-17(25)21(15)29)27-19-5-3-4-6-20(19)28-12(2)16-8-14(24)10-18(26)22(16)30/h7-10,19-20,29-30H,3-6H2,1-2H3/t19-,20-/m1/s1. The summed E-state index contributed by atoms with van der Waals surface area (Å²) in [5, 5.41) is 21.9. The van der Waals surface area contributed by atoms with E-state index in [1.165, 1.54) is 12.1 Å². The zero-order valence-corrected chi connectivity index (χ0v) is 19.6. The minimum absolute atomic E-state index is 0.0344. The van der Waals surface area contributed by atoms with Gasteiger partial charge in [-0.05, 0) is 51.0 Å². The lowest BCUT2D eigenvalue weighted by Gasteiger charge is -2.27. The number of benzene rings is 2. The highest BCUT2D eigenvalue weighted by Crippen LogP contribution is 2.34. The molecule has 0 amide bonds. The summed E-state index contributed by atoms with van der Waals surface area (Å²) >= 11 is 24.3. The van der Waals surface area contributed by atoms with Crippen LogP contribution in [0.1, 0.15) is 50.7 Å². The first-order valence-corrected chi connectivity index (χ1v) is 11.1. The van der Waals surface area contributed by atoms with Crippen molar-refractivity contribution in [1.82, 2.24) is 0 Å². The molecule has 0 aliphatic heterocycles. The molecular weight excluding hydrogens is 466 g/mol. The molecular formula is C22H22Cl4N2O2. The Labute approximate surface area is 196 Å². The number of hydrogen-bond acceptors (Lipinski definition) is 4. The van der Waals surface area contributed by atoms with Gasteiger partial charge in [-0.1, -0.05) is 59.2 Å². The Balaban J connectivity index is 1.94. The van der Waals surface area contributed by atoms with Crippen LogP contribution in [0.2, 0.25) is 20.1 Å². The number of rotatable bonds is 4. The van der Waals surface area contributed by atoms with Crippen molar-refractivity contribution in [3.8, 4) is 11.5 Å². The minimum atomic E-state index is -0.0670. The van der Waals surface area contributed by atoms with E-state index in [0.717, 1.165) is 25.7 Å². The van der Waals surface area contributed by atoms with Crippen molar-refractivity contribution < 1.29 is 10.2 Å². The summed E-state index contributed by atoms with van der Waals surface area (Å²) in [6.45, 7) is 3.65. The van der Waals surface area contributed by atoms with E-state index in [1.807, 2.05) is 13.8 Å². The lowest BCUT2D eigenvalue weighted by Crippen LogP contribution is -2.29. The Kier molecular flexibility index (Phi) is 7.56. The van der Waals surface area contributed by atoms with E-state index < -0.39 is 0 Å². The van der Waals surface area contributed by atoms with Crippen LogP contribution in [0.5, 0.6) is 11.5 Å². The molecule has 0 bridgehead atoms. The van der Waals surface area contributed by atoms with Gasteiger partial charge in [-0.2, -0.15) is 0 Å². The second-order valence-corrected chi connectivity index (χ2v) is 9.10. The Hall–Kier alpha value is -1.46. The maximum Gasteiger partial charge on any atom is 0.143 e. The maximum atomic E-state index is 10.3. The van der Waals surface area contributed by atoms with Gasteiger partial charge in [-0.3, -0.25) is 9.98 Å². The number of halogens is 4. The first kappa shape index (κ1) is 23.2. The van der Waals surface area contributed by atoms with E-state index in [-0.39, 0.29) is 33.6 Å². The molecule has 0 saturated heterocycles. The molecule has 1 aliphatic rings. The van der Waals surface area contributed by atoms with Crippen LogP contribution < -0.4 is 0 Å². The number of phenolic OH excluding ortho intramolecular Hbond substituents is 2. The molecule has 0 spiro atoms. The van der Waals surface area contributed by atoms with Crippen LogP contribution in [0.4, 0.5) is 0 Å². The molecule has 2 aromatic carbocycles. The Morgan fingerprint density at radius 3 is 1.47 bits per heavy atom. The molecule has 2 atom stereocenters. The van der Waals surface area contributed by atoms with Gasteiger partial charge in [0.05, 0.1) is 22.1 Å². The van der Waals surface area contributed by atoms with Crippen molar-refractivity contribution in [1.29, 1.82) is 0 Å². The highest BCUT2D eigenvalue weighted by molar-refractivity contribution is 6.37. The quantitative estimate of drug-likeness (QED) is 0.443. The van der Waals surface area contributed by atoms with Gasteiger partial charge in [0.1, 0.15) is 11.5 Å². The van der Waals surface area contributed by atoms with Gasteiger partial charge in [-0.15, -0.1) is 0 Å². The fourth-order valence-corrected chi connectivity index (χ4v) is 4.70. The Morgan fingerprint density at radius 2 is 1.10 bits per heavy atom. The van der Waals surface area contributed by atoms with Crippen LogP contribution >= 0.6 is 46.4 Å². The molecule has 2 aromatic rings. The zero-order chi connectivity index (χ0) is 22.0. The third-order valence-corrected chi connectivity index (χ3v) is 6.26. The normalized spacial score (nSPS) is 20.5. The van der Waals surface area contributed by atoms with E-state index in [9.17, 15) is 10.2 Å². The van der Waals surface area contributed by atoms with E-state index in [0.29, 0.717) is 32.6 Å². The summed E-state index contributed by atoms with van der Waals surface area (Å²) in [6.07, 6.45) is 3.83. The van der Waals surface area contributed by atoms with Gasteiger partial charge in [0, 0.05) is 32.6 Å². The molecule has 160 valence electrons. The molecule has 30 heavy (non-hydrogen) atoms. The highest BCUT2D eigenvalue weighted by Gasteiger charge is 2.26. The largest absolute Gasteiger partial charge is 0.506 e. The van der Waals surface area contributed by atoms with E-state index in [2.05, 4.69) is 0 Å². The molecule has 1 fully saturated rings. The van der Waals surface area contributed by atoms with E-state index in [4.69, 9.17) is 56.4 Å². The second-order valence-electron chi connectivity index (χ2n) is 7.42. The number of nitrogens with zero attached hydrogens (tertiary/aromatic N) is 2. The molecule has 3 rings (SSSR count). The summed E-state index contributed by atoms with van der Waals surface area (Å²) < 4.78 is 0. The molecule has 2 N–H and O–H groups in total. The van der Waals surface area contributed by atoms with Gasteiger partial charge < -0.3 is 10.2 Å². The molecule has 1 aliphatic carbocycles. The lowest BCUT2D eigenvalue weighted by molar-refractivity contribution is 0.388. The van der Waals surface area contributed by atoms with Gasteiger partial charge >= 0.3 is 0 Å². The van der Waals surface area contributed by atoms with Crippen LogP contribution in [-0.2, 0) is 0 Å². The molecule has 0 radical (unpaired) electrons. The number of aliphatic imine (C=N–C) groups is 2. The molecule has 0 aromatic heterocycles. The first-order chi connectivity index (χ1) is 14.2. The minimum Gasteiger partial charge on any atom is -0.506 e. The van der Waals surface area contributed by atoms with Gasteiger partial charge in [0.25, 0.3) is 0 Å². The molecule has 4 nitrogen and oxygen atoms in total. The smallest absolute Gasteiger partial charge is 0.143 e.